The van der Waals surface area contributed by atoms with Gasteiger partial charge in [-0.3, -0.25) is 24.3 Å². The summed E-state index contributed by atoms with van der Waals surface area (Å²) in [6.45, 7) is 5.76. The molecule has 2 heterocycles. The molecule has 3 rings (SSSR count). The van der Waals surface area contributed by atoms with Crippen LogP contribution in [0.1, 0.15) is 43.4 Å². The number of aliphatic hydroxyl groups excluding tert-OH is 1. The number of pyridine rings is 1. The van der Waals surface area contributed by atoms with Crippen LogP contribution in [0.25, 0.3) is 0 Å². The number of hydrogen-bond donors (Lipinski definition) is 1. The SMILES string of the molecule is Cc1ccccc1[C@@]1(CC(=O)N(CCO)C(C)C)CC(=O)N(Cc2cccnc2)C1=O. The molecule has 1 saturated heterocycles. The first-order valence-electron chi connectivity index (χ1n) is 10.5. The largest absolute Gasteiger partial charge is 0.395 e. The second-order valence-corrected chi connectivity index (χ2v) is 8.30. The lowest BCUT2D eigenvalue weighted by Gasteiger charge is -2.33. The number of amides is 3. The van der Waals surface area contributed by atoms with E-state index in [1.807, 2.05) is 51.1 Å². The molecule has 3 amide bonds. The molecule has 1 atom stereocenters. The van der Waals surface area contributed by atoms with Crippen molar-refractivity contribution in [2.24, 2.45) is 0 Å². The van der Waals surface area contributed by atoms with Crippen molar-refractivity contribution in [2.45, 2.75) is 51.6 Å². The smallest absolute Gasteiger partial charge is 0.241 e. The summed E-state index contributed by atoms with van der Waals surface area (Å²) in [5.74, 6) is -0.920. The van der Waals surface area contributed by atoms with Crippen molar-refractivity contribution in [1.82, 2.24) is 14.8 Å². The Kier molecular flexibility index (Phi) is 6.85. The van der Waals surface area contributed by atoms with Gasteiger partial charge < -0.3 is 10.0 Å². The van der Waals surface area contributed by atoms with Crippen LogP contribution >= 0.6 is 0 Å². The van der Waals surface area contributed by atoms with E-state index in [0.29, 0.717) is 5.56 Å². The third-order valence-corrected chi connectivity index (χ3v) is 5.87. The number of hydrogen-bond acceptors (Lipinski definition) is 5. The molecule has 7 nitrogen and oxygen atoms in total. The van der Waals surface area contributed by atoms with Crippen molar-refractivity contribution in [3.8, 4) is 0 Å². The summed E-state index contributed by atoms with van der Waals surface area (Å²) < 4.78 is 0. The highest BCUT2D eigenvalue weighted by Gasteiger charge is 2.54. The van der Waals surface area contributed by atoms with Crippen molar-refractivity contribution in [3.63, 3.8) is 0 Å². The average Bonchev–Trinajstić information content (AvgIpc) is 2.97. The Labute approximate surface area is 182 Å². The minimum absolute atomic E-state index is 0.0618. The molecule has 0 spiro atoms. The number of aliphatic hydroxyl groups is 1. The fourth-order valence-corrected chi connectivity index (χ4v) is 4.33. The molecule has 0 radical (unpaired) electrons. The monoisotopic (exact) mass is 423 g/mol. The van der Waals surface area contributed by atoms with E-state index in [1.165, 1.54) is 4.90 Å². The van der Waals surface area contributed by atoms with Crippen LogP contribution in [0.4, 0.5) is 0 Å². The summed E-state index contributed by atoms with van der Waals surface area (Å²) in [6.07, 6.45) is 3.08. The molecule has 7 heteroatoms. The number of imide groups is 1. The summed E-state index contributed by atoms with van der Waals surface area (Å²) in [7, 11) is 0. The topological polar surface area (TPSA) is 90.8 Å². The van der Waals surface area contributed by atoms with E-state index in [9.17, 15) is 19.5 Å². The van der Waals surface area contributed by atoms with E-state index in [-0.39, 0.29) is 56.3 Å². The molecule has 0 bridgehead atoms. The molecule has 1 aliphatic heterocycles. The lowest BCUT2D eigenvalue weighted by molar-refractivity contribution is -0.143. The van der Waals surface area contributed by atoms with E-state index >= 15 is 0 Å². The number of aromatic nitrogens is 1. The highest BCUT2D eigenvalue weighted by molar-refractivity contribution is 6.10. The van der Waals surface area contributed by atoms with Crippen molar-refractivity contribution in [3.05, 3.63) is 65.5 Å². The van der Waals surface area contributed by atoms with Gasteiger partial charge in [-0.25, -0.2) is 0 Å². The molecular formula is C24H29N3O4. The molecule has 1 aromatic carbocycles. The molecule has 0 saturated carbocycles. The first-order chi connectivity index (χ1) is 14.8. The molecule has 0 aliphatic carbocycles. The normalized spacial score (nSPS) is 18.7. The highest BCUT2D eigenvalue weighted by atomic mass is 16.3. The van der Waals surface area contributed by atoms with Crippen molar-refractivity contribution >= 4 is 17.7 Å². The lowest BCUT2D eigenvalue weighted by Crippen LogP contribution is -2.46. The predicted octanol–water partition coefficient (Wildman–Crippen LogP) is 2.21. The molecule has 31 heavy (non-hydrogen) atoms. The van der Waals surface area contributed by atoms with Crippen LogP contribution in [0.15, 0.2) is 48.8 Å². The van der Waals surface area contributed by atoms with Crippen molar-refractivity contribution in [1.29, 1.82) is 0 Å². The molecule has 164 valence electrons. The maximum Gasteiger partial charge on any atom is 0.241 e. The molecule has 1 aliphatic rings. The van der Waals surface area contributed by atoms with Gasteiger partial charge in [-0.1, -0.05) is 30.3 Å². The average molecular weight is 424 g/mol. The van der Waals surface area contributed by atoms with Crippen LogP contribution < -0.4 is 0 Å². The van der Waals surface area contributed by atoms with Gasteiger partial charge in [0.1, 0.15) is 0 Å². The van der Waals surface area contributed by atoms with Crippen LogP contribution in [0.5, 0.6) is 0 Å². The number of nitrogens with zero attached hydrogens (tertiary/aromatic N) is 3. The highest BCUT2D eigenvalue weighted by Crippen LogP contribution is 2.42. The summed E-state index contributed by atoms with van der Waals surface area (Å²) in [5, 5.41) is 9.39. The van der Waals surface area contributed by atoms with E-state index in [0.717, 1.165) is 11.1 Å². The third-order valence-electron chi connectivity index (χ3n) is 5.87. The van der Waals surface area contributed by atoms with E-state index in [4.69, 9.17) is 0 Å². The minimum atomic E-state index is -1.26. The van der Waals surface area contributed by atoms with E-state index < -0.39 is 5.41 Å². The second kappa shape index (κ2) is 9.39. The number of carbonyl (C=O) groups excluding carboxylic acids is 3. The summed E-state index contributed by atoms with van der Waals surface area (Å²) >= 11 is 0. The van der Waals surface area contributed by atoms with E-state index in [1.54, 1.807) is 23.4 Å². The minimum Gasteiger partial charge on any atom is -0.395 e. The van der Waals surface area contributed by atoms with E-state index in [2.05, 4.69) is 4.98 Å². The number of likely N-dealkylation sites (tertiary alicyclic amines) is 1. The van der Waals surface area contributed by atoms with Gasteiger partial charge >= 0.3 is 0 Å². The van der Waals surface area contributed by atoms with Gasteiger partial charge in [0.05, 0.1) is 18.6 Å². The van der Waals surface area contributed by atoms with Gasteiger partial charge in [0.2, 0.25) is 17.7 Å². The Morgan fingerprint density at radius 3 is 2.58 bits per heavy atom. The zero-order valence-electron chi connectivity index (χ0n) is 18.2. The Bertz CT molecular complexity index is 960. The first kappa shape index (κ1) is 22.6. The third kappa shape index (κ3) is 4.51. The van der Waals surface area contributed by atoms with Gasteiger partial charge in [0.15, 0.2) is 0 Å². The van der Waals surface area contributed by atoms with Crippen molar-refractivity contribution < 1.29 is 19.5 Å². The maximum atomic E-state index is 13.7. The fourth-order valence-electron chi connectivity index (χ4n) is 4.33. The molecule has 0 unspecified atom stereocenters. The van der Waals surface area contributed by atoms with Gasteiger partial charge in [-0.15, -0.1) is 0 Å². The van der Waals surface area contributed by atoms with Crippen LogP contribution in [0.3, 0.4) is 0 Å². The predicted molar refractivity (Wildman–Crippen MR) is 116 cm³/mol. The Morgan fingerprint density at radius 2 is 1.97 bits per heavy atom. The van der Waals surface area contributed by atoms with Crippen LogP contribution in [0.2, 0.25) is 0 Å². The summed E-state index contributed by atoms with van der Waals surface area (Å²) in [6, 6.07) is 10.8. The molecule has 1 fully saturated rings. The molecule has 1 aromatic heterocycles. The zero-order valence-corrected chi connectivity index (χ0v) is 18.2. The number of carbonyl (C=O) groups is 3. The number of rotatable bonds is 8. The fraction of sp³-hybridized carbons (Fsp3) is 0.417. The van der Waals surface area contributed by atoms with Crippen LogP contribution in [-0.4, -0.2) is 56.8 Å². The lowest BCUT2D eigenvalue weighted by atomic mass is 9.73. The molecular weight excluding hydrogens is 394 g/mol. The van der Waals surface area contributed by atoms with Gasteiger partial charge in [0, 0.05) is 37.8 Å². The maximum absolute atomic E-state index is 13.7. The summed E-state index contributed by atoms with van der Waals surface area (Å²) in [4.78, 5) is 46.9. The van der Waals surface area contributed by atoms with Gasteiger partial charge in [0.25, 0.3) is 0 Å². The standard InChI is InChI=1S/C24H29N3O4/c1-17(2)26(11-12-28)21(29)13-24(20-9-5-4-7-18(20)3)14-22(30)27(23(24)31)16-19-8-6-10-25-15-19/h4-10,15,17,28H,11-14,16H2,1-3H3/t24-/m1/s1. The quantitative estimate of drug-likeness (QED) is 0.658. The second-order valence-electron chi connectivity index (χ2n) is 8.30. The van der Waals surface area contributed by atoms with Gasteiger partial charge in [-0.05, 0) is 43.5 Å². The first-order valence-corrected chi connectivity index (χ1v) is 10.5. The number of aryl methyl sites for hydroxylation is 1. The zero-order chi connectivity index (χ0) is 22.6. The van der Waals surface area contributed by atoms with Gasteiger partial charge in [-0.2, -0.15) is 0 Å². The van der Waals surface area contributed by atoms with Crippen LogP contribution in [0, 0.1) is 6.92 Å². The molecule has 2 aromatic rings. The Hall–Kier alpha value is -3.06. The molecule has 1 N–H and O–H groups in total. The Morgan fingerprint density at radius 1 is 1.23 bits per heavy atom. The summed E-state index contributed by atoms with van der Waals surface area (Å²) in [5.41, 5.74) is 1.05. The number of benzene rings is 1. The van der Waals surface area contributed by atoms with Crippen LogP contribution in [-0.2, 0) is 26.3 Å². The Balaban J connectivity index is 2.01. The van der Waals surface area contributed by atoms with Crippen molar-refractivity contribution in [2.75, 3.05) is 13.2 Å².